The predicted octanol–water partition coefficient (Wildman–Crippen LogP) is 5.19. The van der Waals surface area contributed by atoms with Crippen molar-refractivity contribution in [1.29, 1.82) is 0 Å². The van der Waals surface area contributed by atoms with Crippen molar-refractivity contribution in [3.63, 3.8) is 0 Å². The summed E-state index contributed by atoms with van der Waals surface area (Å²) in [5.74, 6) is 0.0231. The number of aliphatic imine (C=N–C) groups is 2. The minimum absolute atomic E-state index is 0.0209. The highest BCUT2D eigenvalue weighted by Gasteiger charge is 2.22. The van der Waals surface area contributed by atoms with Crippen LogP contribution in [-0.2, 0) is 4.74 Å². The normalized spacial score (nSPS) is 11.9. The summed E-state index contributed by atoms with van der Waals surface area (Å²) in [7, 11) is 2.57. The number of hydrogen-bond donors (Lipinski definition) is 0. The molecule has 0 spiro atoms. The van der Waals surface area contributed by atoms with Crippen LogP contribution in [0.4, 0.5) is 19.3 Å². The molecule has 0 fully saturated rings. The standard InChI is InChI=1S/C23H22F2N4O5S/c1-13-26-21(29-34-13)14-5-7-15(8-6-14)27-20(22(35-4)28-23(30)32-3)17-11-16(31-2)12-18(19(17)25)33-10-9-24/h5-8,11-12H,9-10H2,1-4H3/b27-20+,28-22-. The fraction of sp³-hybridized carbons (Fsp3) is 0.261. The van der Waals surface area contributed by atoms with Gasteiger partial charge in [-0.3, -0.25) is 0 Å². The Labute approximate surface area is 204 Å². The number of rotatable bonds is 8. The van der Waals surface area contributed by atoms with Gasteiger partial charge in [0, 0.05) is 24.1 Å². The van der Waals surface area contributed by atoms with Crippen molar-refractivity contribution in [2.75, 3.05) is 33.8 Å². The summed E-state index contributed by atoms with van der Waals surface area (Å²) in [5.41, 5.74) is 1.06. The number of halogens is 2. The van der Waals surface area contributed by atoms with E-state index < -0.39 is 18.6 Å². The van der Waals surface area contributed by atoms with Crippen LogP contribution in [0.25, 0.3) is 11.4 Å². The van der Waals surface area contributed by atoms with Crippen LogP contribution < -0.4 is 9.47 Å². The number of aryl methyl sites for hydroxylation is 1. The summed E-state index contributed by atoms with van der Waals surface area (Å²) in [6.07, 6.45) is 0.763. The van der Waals surface area contributed by atoms with Crippen LogP contribution in [-0.4, -0.2) is 60.7 Å². The molecular weight excluding hydrogens is 482 g/mol. The highest BCUT2D eigenvalue weighted by molar-refractivity contribution is 8.15. The molecule has 1 aromatic heterocycles. The first-order valence-electron chi connectivity index (χ1n) is 10.2. The van der Waals surface area contributed by atoms with E-state index >= 15 is 4.39 Å². The predicted molar refractivity (Wildman–Crippen MR) is 128 cm³/mol. The van der Waals surface area contributed by atoms with E-state index in [-0.39, 0.29) is 34.4 Å². The highest BCUT2D eigenvalue weighted by atomic mass is 32.2. The molecule has 184 valence electrons. The van der Waals surface area contributed by atoms with Crippen LogP contribution >= 0.6 is 11.8 Å². The van der Waals surface area contributed by atoms with Crippen molar-refractivity contribution in [2.45, 2.75) is 6.92 Å². The van der Waals surface area contributed by atoms with E-state index in [9.17, 15) is 9.18 Å². The van der Waals surface area contributed by atoms with E-state index in [1.54, 1.807) is 37.4 Å². The molecule has 0 atom stereocenters. The third-order valence-electron chi connectivity index (χ3n) is 4.50. The Morgan fingerprint density at radius 1 is 1.20 bits per heavy atom. The van der Waals surface area contributed by atoms with Gasteiger partial charge in [-0.05, 0) is 36.6 Å². The van der Waals surface area contributed by atoms with Crippen LogP contribution in [0.3, 0.4) is 0 Å². The number of amides is 1. The third-order valence-corrected chi connectivity index (χ3v) is 5.17. The molecule has 2 aromatic carbocycles. The maximum Gasteiger partial charge on any atom is 0.434 e. The number of carbonyl (C=O) groups excluding carboxylic acids is 1. The number of thioether (sulfide) groups is 1. The number of nitrogens with zero attached hydrogens (tertiary/aromatic N) is 4. The number of alkyl halides is 1. The molecule has 3 rings (SSSR count). The number of carbonyl (C=O) groups is 1. The summed E-state index contributed by atoms with van der Waals surface area (Å²) >= 11 is 1.06. The first-order chi connectivity index (χ1) is 16.9. The van der Waals surface area contributed by atoms with Gasteiger partial charge in [0.1, 0.15) is 29.8 Å². The summed E-state index contributed by atoms with van der Waals surface area (Å²) < 4.78 is 48.2. The molecule has 0 saturated heterocycles. The second kappa shape index (κ2) is 12.1. The minimum Gasteiger partial charge on any atom is -0.497 e. The molecule has 0 bridgehead atoms. The van der Waals surface area contributed by atoms with E-state index in [2.05, 4.69) is 24.9 Å². The maximum absolute atomic E-state index is 15.5. The first kappa shape index (κ1) is 25.8. The van der Waals surface area contributed by atoms with Crippen LogP contribution in [0, 0.1) is 12.7 Å². The van der Waals surface area contributed by atoms with Crippen molar-refractivity contribution in [2.24, 2.45) is 9.98 Å². The van der Waals surface area contributed by atoms with Crippen molar-refractivity contribution in [3.05, 3.63) is 53.7 Å². The SMILES string of the molecule is COC(=O)/N=C(SC)/C(=N/c1ccc(-c2noc(C)n2)cc1)c1cc(OC)cc(OCCF)c1F. The maximum atomic E-state index is 15.5. The van der Waals surface area contributed by atoms with Crippen LogP contribution in [0.2, 0.25) is 0 Å². The van der Waals surface area contributed by atoms with Gasteiger partial charge in [-0.2, -0.15) is 9.98 Å². The van der Waals surface area contributed by atoms with Crippen molar-refractivity contribution in [3.8, 4) is 22.9 Å². The Morgan fingerprint density at radius 3 is 2.51 bits per heavy atom. The number of hydrogen-bond acceptors (Lipinski definition) is 9. The summed E-state index contributed by atoms with van der Waals surface area (Å²) in [6, 6.07) is 9.44. The number of methoxy groups -OCH3 is 2. The zero-order valence-electron chi connectivity index (χ0n) is 19.4. The second-order valence-corrected chi connectivity index (χ2v) is 7.55. The van der Waals surface area contributed by atoms with Gasteiger partial charge in [-0.15, -0.1) is 11.8 Å². The molecule has 1 amide bonds. The molecule has 12 heteroatoms. The average Bonchev–Trinajstić information content (AvgIpc) is 3.32. The lowest BCUT2D eigenvalue weighted by atomic mass is 10.1. The lowest BCUT2D eigenvalue weighted by molar-refractivity contribution is 0.183. The topological polar surface area (TPSA) is 108 Å². The molecule has 9 nitrogen and oxygen atoms in total. The Bertz CT molecular complexity index is 1250. The summed E-state index contributed by atoms with van der Waals surface area (Å²) in [4.78, 5) is 24.5. The molecule has 0 aliphatic carbocycles. The molecule has 0 aliphatic heterocycles. The zero-order chi connectivity index (χ0) is 25.4. The third kappa shape index (κ3) is 6.41. The van der Waals surface area contributed by atoms with E-state index in [1.165, 1.54) is 26.4 Å². The number of ether oxygens (including phenoxy) is 3. The molecule has 0 aliphatic rings. The fourth-order valence-electron chi connectivity index (χ4n) is 2.89. The quantitative estimate of drug-likeness (QED) is 0.305. The van der Waals surface area contributed by atoms with Gasteiger partial charge in [0.05, 0.1) is 19.9 Å². The zero-order valence-corrected chi connectivity index (χ0v) is 20.2. The fourth-order valence-corrected chi connectivity index (χ4v) is 3.41. The monoisotopic (exact) mass is 504 g/mol. The molecule has 0 saturated carbocycles. The van der Waals surface area contributed by atoms with Gasteiger partial charge in [-0.25, -0.2) is 18.6 Å². The van der Waals surface area contributed by atoms with Gasteiger partial charge in [0.25, 0.3) is 0 Å². The van der Waals surface area contributed by atoms with E-state index in [1.807, 2.05) is 0 Å². The molecule has 1 heterocycles. The lowest BCUT2D eigenvalue weighted by Gasteiger charge is -2.14. The average molecular weight is 505 g/mol. The van der Waals surface area contributed by atoms with Gasteiger partial charge < -0.3 is 18.7 Å². The summed E-state index contributed by atoms with van der Waals surface area (Å²) in [5, 5.41) is 3.95. The Kier molecular flexibility index (Phi) is 8.90. The van der Waals surface area contributed by atoms with E-state index in [0.29, 0.717) is 23.0 Å². The number of benzene rings is 2. The van der Waals surface area contributed by atoms with Crippen LogP contribution in [0.5, 0.6) is 11.5 Å². The number of aromatic nitrogens is 2. The van der Waals surface area contributed by atoms with Gasteiger partial charge >= 0.3 is 6.09 Å². The molecule has 0 unspecified atom stereocenters. The van der Waals surface area contributed by atoms with Crippen molar-refractivity contribution >= 4 is 34.3 Å². The molecular formula is C23H22F2N4O5S. The van der Waals surface area contributed by atoms with Crippen LogP contribution in [0.15, 0.2) is 50.9 Å². The first-order valence-corrected chi connectivity index (χ1v) is 11.4. The highest BCUT2D eigenvalue weighted by Crippen LogP contribution is 2.31. The Hall–Kier alpha value is -3.80. The Morgan fingerprint density at radius 2 is 1.94 bits per heavy atom. The Balaban J connectivity index is 2.16. The molecule has 3 aromatic rings. The smallest absolute Gasteiger partial charge is 0.434 e. The lowest BCUT2D eigenvalue weighted by Crippen LogP contribution is -2.17. The summed E-state index contributed by atoms with van der Waals surface area (Å²) in [6.45, 7) is 0.526. The van der Waals surface area contributed by atoms with Crippen molar-refractivity contribution in [1.82, 2.24) is 10.1 Å². The van der Waals surface area contributed by atoms with Gasteiger partial charge in [0.2, 0.25) is 11.7 Å². The van der Waals surface area contributed by atoms with E-state index in [0.717, 1.165) is 11.8 Å². The van der Waals surface area contributed by atoms with E-state index in [4.69, 9.17) is 14.0 Å². The second-order valence-electron chi connectivity index (χ2n) is 6.76. The minimum atomic E-state index is -0.887. The molecule has 0 N–H and O–H groups in total. The van der Waals surface area contributed by atoms with Crippen LogP contribution in [0.1, 0.15) is 11.5 Å². The van der Waals surface area contributed by atoms with Gasteiger partial charge in [0.15, 0.2) is 11.6 Å². The van der Waals surface area contributed by atoms with Gasteiger partial charge in [-0.1, -0.05) is 5.16 Å². The van der Waals surface area contributed by atoms with Crippen molar-refractivity contribution < 1.29 is 32.3 Å². The largest absolute Gasteiger partial charge is 0.497 e. The molecule has 35 heavy (non-hydrogen) atoms. The molecule has 0 radical (unpaired) electrons.